The van der Waals surface area contributed by atoms with E-state index in [9.17, 15) is 18.4 Å². The van der Waals surface area contributed by atoms with E-state index in [1.165, 1.54) is 6.07 Å². The Morgan fingerprint density at radius 2 is 1.68 bits per heavy atom. The number of anilines is 1. The largest absolute Gasteiger partial charge is 0.497 e. The van der Waals surface area contributed by atoms with E-state index in [1.807, 2.05) is 0 Å². The van der Waals surface area contributed by atoms with Crippen molar-refractivity contribution in [2.75, 3.05) is 25.6 Å². The smallest absolute Gasteiger partial charge is 0.240 e. The van der Waals surface area contributed by atoms with Crippen LogP contribution in [0.15, 0.2) is 42.5 Å². The van der Waals surface area contributed by atoms with Crippen LogP contribution in [0.25, 0.3) is 0 Å². The zero-order valence-electron chi connectivity index (χ0n) is 15.3. The molecule has 2 N–H and O–H groups in total. The molecule has 1 saturated carbocycles. The summed E-state index contributed by atoms with van der Waals surface area (Å²) in [6.07, 6.45) is 0.793. The molecule has 1 aliphatic carbocycles. The van der Waals surface area contributed by atoms with Crippen LogP contribution in [0.3, 0.4) is 0 Å². The van der Waals surface area contributed by atoms with Crippen molar-refractivity contribution in [2.45, 2.75) is 12.8 Å². The van der Waals surface area contributed by atoms with Crippen LogP contribution >= 0.6 is 0 Å². The van der Waals surface area contributed by atoms with E-state index in [4.69, 9.17) is 9.47 Å². The lowest BCUT2D eigenvalue weighted by atomic mass is 10.1. The number of methoxy groups -OCH3 is 1. The first-order valence-electron chi connectivity index (χ1n) is 8.76. The summed E-state index contributed by atoms with van der Waals surface area (Å²) in [6.45, 7) is 0.462. The number of rotatable bonds is 8. The maximum atomic E-state index is 13.3. The molecular weight excluding hydrogens is 370 g/mol. The Balaban J connectivity index is 1.47. The molecule has 0 aromatic heterocycles. The molecule has 1 aliphatic rings. The third kappa shape index (κ3) is 4.39. The Bertz CT molecular complexity index is 867. The Kier molecular flexibility index (Phi) is 5.77. The lowest BCUT2D eigenvalue weighted by Gasteiger charge is -2.16. The van der Waals surface area contributed by atoms with E-state index in [-0.39, 0.29) is 18.8 Å². The highest BCUT2D eigenvalue weighted by Gasteiger charge is 2.56. The second kappa shape index (κ2) is 8.24. The number of halogens is 2. The van der Waals surface area contributed by atoms with E-state index >= 15 is 0 Å². The fourth-order valence-corrected chi connectivity index (χ4v) is 2.68. The van der Waals surface area contributed by atoms with Gasteiger partial charge in [0.15, 0.2) is 11.6 Å². The first kappa shape index (κ1) is 19.6. The molecule has 2 amide bonds. The van der Waals surface area contributed by atoms with Gasteiger partial charge >= 0.3 is 0 Å². The summed E-state index contributed by atoms with van der Waals surface area (Å²) < 4.78 is 36.8. The maximum Gasteiger partial charge on any atom is 0.240 e. The second-order valence-corrected chi connectivity index (χ2v) is 6.45. The van der Waals surface area contributed by atoms with Gasteiger partial charge in [-0.25, -0.2) is 8.78 Å². The fraction of sp³-hybridized carbons (Fsp3) is 0.300. The summed E-state index contributed by atoms with van der Waals surface area (Å²) in [7, 11) is 1.57. The Morgan fingerprint density at radius 1 is 1.00 bits per heavy atom. The average Bonchev–Trinajstić information content (AvgIpc) is 3.50. The summed E-state index contributed by atoms with van der Waals surface area (Å²) >= 11 is 0. The van der Waals surface area contributed by atoms with Crippen LogP contribution in [-0.4, -0.2) is 32.1 Å². The third-order valence-electron chi connectivity index (χ3n) is 4.51. The van der Waals surface area contributed by atoms with Crippen molar-refractivity contribution in [1.29, 1.82) is 0 Å². The normalized spacial score (nSPS) is 14.1. The average molecular weight is 390 g/mol. The highest BCUT2D eigenvalue weighted by Crippen LogP contribution is 2.46. The van der Waals surface area contributed by atoms with Gasteiger partial charge in [-0.05, 0) is 49.2 Å². The summed E-state index contributed by atoms with van der Waals surface area (Å²) in [4.78, 5) is 24.8. The zero-order chi connectivity index (χ0) is 20.1. The minimum Gasteiger partial charge on any atom is -0.497 e. The standard InChI is InChI=1S/C20H20F2N2O4/c1-27-14-3-5-15(6-4-14)28-11-10-23-18(25)20(8-9-20)19(26)24-13-2-7-16(21)17(22)12-13/h2-7,12H,8-11H2,1H3,(H,23,25)(H,24,26). The van der Waals surface area contributed by atoms with Crippen LogP contribution in [0, 0.1) is 17.0 Å². The number of hydrogen-bond acceptors (Lipinski definition) is 4. The summed E-state index contributed by atoms with van der Waals surface area (Å²) in [6, 6.07) is 10.1. The molecule has 0 radical (unpaired) electrons. The van der Waals surface area contributed by atoms with Gasteiger partial charge in [-0.15, -0.1) is 0 Å². The monoisotopic (exact) mass is 390 g/mol. The molecule has 0 heterocycles. The lowest BCUT2D eigenvalue weighted by molar-refractivity contribution is -0.134. The molecule has 8 heteroatoms. The highest BCUT2D eigenvalue weighted by atomic mass is 19.2. The maximum absolute atomic E-state index is 13.3. The number of carbonyl (C=O) groups is 2. The number of carbonyl (C=O) groups excluding carboxylic acids is 2. The van der Waals surface area contributed by atoms with Gasteiger partial charge in [0.2, 0.25) is 11.8 Å². The predicted octanol–water partition coefficient (Wildman–Crippen LogP) is 2.89. The molecule has 1 fully saturated rings. The van der Waals surface area contributed by atoms with Gasteiger partial charge in [0.25, 0.3) is 0 Å². The molecule has 2 aromatic rings. The number of hydrogen-bond donors (Lipinski definition) is 2. The van der Waals surface area contributed by atoms with E-state index in [0.717, 1.165) is 12.1 Å². The molecule has 0 aliphatic heterocycles. The van der Waals surface area contributed by atoms with Crippen LogP contribution < -0.4 is 20.1 Å². The van der Waals surface area contributed by atoms with Gasteiger partial charge in [-0.1, -0.05) is 0 Å². The van der Waals surface area contributed by atoms with Crippen molar-refractivity contribution in [1.82, 2.24) is 5.32 Å². The highest BCUT2D eigenvalue weighted by molar-refractivity contribution is 6.13. The van der Waals surface area contributed by atoms with Gasteiger partial charge < -0.3 is 20.1 Å². The summed E-state index contributed by atoms with van der Waals surface area (Å²) in [5, 5.41) is 5.15. The predicted molar refractivity (Wildman–Crippen MR) is 98.2 cm³/mol. The van der Waals surface area contributed by atoms with E-state index in [1.54, 1.807) is 31.4 Å². The quantitative estimate of drug-likeness (QED) is 0.537. The molecule has 28 heavy (non-hydrogen) atoms. The van der Waals surface area contributed by atoms with Crippen molar-refractivity contribution in [3.05, 3.63) is 54.1 Å². The molecule has 2 aromatic carbocycles. The molecule has 0 saturated heterocycles. The van der Waals surface area contributed by atoms with E-state index in [2.05, 4.69) is 10.6 Å². The molecule has 6 nitrogen and oxygen atoms in total. The minimum absolute atomic E-state index is 0.103. The van der Waals surface area contributed by atoms with Gasteiger partial charge in [0.05, 0.1) is 13.7 Å². The van der Waals surface area contributed by atoms with Crippen molar-refractivity contribution >= 4 is 17.5 Å². The van der Waals surface area contributed by atoms with Gasteiger partial charge in [-0.3, -0.25) is 9.59 Å². The number of benzene rings is 2. The molecule has 0 bridgehead atoms. The van der Waals surface area contributed by atoms with Crippen LogP contribution in [-0.2, 0) is 9.59 Å². The Morgan fingerprint density at radius 3 is 2.29 bits per heavy atom. The SMILES string of the molecule is COc1ccc(OCCNC(=O)C2(C(=O)Nc3ccc(F)c(F)c3)CC2)cc1. The zero-order valence-corrected chi connectivity index (χ0v) is 15.3. The first-order chi connectivity index (χ1) is 13.4. The van der Waals surface area contributed by atoms with Crippen molar-refractivity contribution in [3.63, 3.8) is 0 Å². The molecule has 0 unspecified atom stereocenters. The van der Waals surface area contributed by atoms with Crippen molar-refractivity contribution < 1.29 is 27.8 Å². The number of nitrogens with one attached hydrogen (secondary N) is 2. The van der Waals surface area contributed by atoms with E-state index < -0.39 is 28.9 Å². The number of amides is 2. The fourth-order valence-electron chi connectivity index (χ4n) is 2.68. The number of ether oxygens (including phenoxy) is 2. The van der Waals surface area contributed by atoms with Crippen LogP contribution in [0.2, 0.25) is 0 Å². The molecule has 3 rings (SSSR count). The van der Waals surface area contributed by atoms with Gasteiger partial charge in [-0.2, -0.15) is 0 Å². The lowest BCUT2D eigenvalue weighted by Crippen LogP contribution is -2.41. The summed E-state index contributed by atoms with van der Waals surface area (Å²) in [5.41, 5.74) is -1.07. The van der Waals surface area contributed by atoms with Gasteiger partial charge in [0.1, 0.15) is 23.5 Å². The third-order valence-corrected chi connectivity index (χ3v) is 4.51. The minimum atomic E-state index is -1.18. The van der Waals surface area contributed by atoms with E-state index in [0.29, 0.717) is 24.3 Å². The second-order valence-electron chi connectivity index (χ2n) is 6.45. The van der Waals surface area contributed by atoms with Crippen molar-refractivity contribution in [2.24, 2.45) is 5.41 Å². The summed E-state index contributed by atoms with van der Waals surface area (Å²) in [5.74, 6) is -1.68. The van der Waals surface area contributed by atoms with Crippen molar-refractivity contribution in [3.8, 4) is 11.5 Å². The van der Waals surface area contributed by atoms with Gasteiger partial charge in [0, 0.05) is 11.8 Å². The molecule has 148 valence electrons. The topological polar surface area (TPSA) is 76.7 Å². The Labute approximate surface area is 160 Å². The molecule has 0 atom stereocenters. The van der Waals surface area contributed by atoms with Crippen LogP contribution in [0.5, 0.6) is 11.5 Å². The Hall–Kier alpha value is -3.16. The molecule has 0 spiro atoms. The van der Waals surface area contributed by atoms with Crippen LogP contribution in [0.1, 0.15) is 12.8 Å². The molecular formula is C20H20F2N2O4. The first-order valence-corrected chi connectivity index (χ1v) is 8.76. The van der Waals surface area contributed by atoms with Crippen LogP contribution in [0.4, 0.5) is 14.5 Å².